The maximum atomic E-state index is 2.66. The minimum Gasteiger partial charge on any atom is -0.303 e. The highest BCUT2D eigenvalue weighted by atomic mass is 19.0. The van der Waals surface area contributed by atoms with Gasteiger partial charge in [-0.2, -0.15) is 0 Å². The van der Waals surface area contributed by atoms with Crippen LogP contribution in [0.1, 0.15) is 52.9 Å². The lowest BCUT2D eigenvalue weighted by atomic mass is 10.0. The lowest BCUT2D eigenvalue weighted by Crippen LogP contribution is -2.27. The van der Waals surface area contributed by atoms with Gasteiger partial charge in [0.15, 0.2) is 0 Å². The fourth-order valence-corrected chi connectivity index (χ4v) is 2.22. The molecule has 1 nitrogen and oxygen atoms in total. The van der Waals surface area contributed by atoms with E-state index in [2.05, 4.69) is 11.8 Å². The lowest BCUT2D eigenvalue weighted by molar-refractivity contribution is 0.259. The van der Waals surface area contributed by atoms with Crippen LogP contribution in [0.15, 0.2) is 0 Å². The summed E-state index contributed by atoms with van der Waals surface area (Å²) in [7, 11) is 0. The average Bonchev–Trinajstić information content (AvgIpc) is 2.77. The van der Waals surface area contributed by atoms with E-state index in [1.165, 1.54) is 51.7 Å². The van der Waals surface area contributed by atoms with Crippen LogP contribution in [0.4, 0.5) is 4.70 Å². The van der Waals surface area contributed by atoms with Crippen LogP contribution >= 0.6 is 0 Å². The minimum absolute atomic E-state index is 0. The smallest absolute Gasteiger partial charge is 0.00379 e. The zero-order valence-electron chi connectivity index (χ0n) is 10.0. The van der Waals surface area contributed by atoms with Gasteiger partial charge in [0.25, 0.3) is 0 Å². The number of halogens is 1. The highest BCUT2D eigenvalue weighted by molar-refractivity contribution is 4.94. The Bertz CT molecular complexity index is 137. The molecule has 86 valence electrons. The summed E-state index contributed by atoms with van der Waals surface area (Å²) in [5.41, 5.74) is 0.782. The van der Waals surface area contributed by atoms with Gasteiger partial charge in [-0.15, -0.1) is 0 Å². The molecule has 2 aliphatic rings. The number of hydrogen-bond donors (Lipinski definition) is 0. The Morgan fingerprint density at radius 1 is 1.07 bits per heavy atom. The van der Waals surface area contributed by atoms with E-state index in [0.29, 0.717) is 0 Å². The van der Waals surface area contributed by atoms with Crippen molar-refractivity contribution in [2.75, 3.05) is 19.6 Å². The summed E-state index contributed by atoms with van der Waals surface area (Å²) in [5.74, 6) is 0. The summed E-state index contributed by atoms with van der Waals surface area (Å²) < 4.78 is 0. The van der Waals surface area contributed by atoms with E-state index in [-0.39, 0.29) is 4.70 Å². The van der Waals surface area contributed by atoms with Gasteiger partial charge in [0.2, 0.25) is 0 Å². The van der Waals surface area contributed by atoms with E-state index in [1.54, 1.807) is 0 Å². The topological polar surface area (TPSA) is 3.24 Å². The van der Waals surface area contributed by atoms with Gasteiger partial charge in [-0.05, 0) is 50.6 Å². The van der Waals surface area contributed by atoms with Crippen molar-refractivity contribution in [3.63, 3.8) is 0 Å². The number of likely N-dealkylation sites (tertiary alicyclic amines) is 1. The van der Waals surface area contributed by atoms with Crippen molar-refractivity contribution in [2.24, 2.45) is 5.41 Å². The largest absolute Gasteiger partial charge is 0.303 e. The Hall–Kier alpha value is -0.110. The first-order chi connectivity index (χ1) is 6.35. The summed E-state index contributed by atoms with van der Waals surface area (Å²) >= 11 is 0. The zero-order chi connectivity index (χ0) is 9.73. The Morgan fingerprint density at radius 2 is 1.57 bits per heavy atom. The average molecular weight is 203 g/mol. The highest BCUT2D eigenvalue weighted by Crippen LogP contribution is 2.49. The summed E-state index contributed by atoms with van der Waals surface area (Å²) in [6.07, 6.45) is 7.29. The molecule has 0 aromatic carbocycles. The molecule has 1 saturated heterocycles. The number of hydrogen-bond acceptors (Lipinski definition) is 1. The first-order valence-corrected chi connectivity index (χ1v) is 6.07. The van der Waals surface area contributed by atoms with Crippen molar-refractivity contribution >= 4 is 0 Å². The fraction of sp³-hybridized carbons (Fsp3) is 1.00. The summed E-state index contributed by atoms with van der Waals surface area (Å²) in [6, 6.07) is 0. The van der Waals surface area contributed by atoms with E-state index in [1.807, 2.05) is 13.8 Å². The molecule has 0 radical (unpaired) electrons. The molecule has 0 N–H and O–H groups in total. The van der Waals surface area contributed by atoms with Crippen molar-refractivity contribution in [3.8, 4) is 0 Å². The van der Waals surface area contributed by atoms with Gasteiger partial charge in [-0.3, -0.25) is 4.70 Å². The van der Waals surface area contributed by atoms with Crippen molar-refractivity contribution in [3.05, 3.63) is 0 Å². The standard InChI is InChI=1S/C10H19N.C2H6.FH/c1-2-10(5-6-10)9-11-7-3-4-8-11;1-2;/h2-9H2,1H3;1-2H3;1H. The fourth-order valence-electron chi connectivity index (χ4n) is 2.22. The molecule has 0 unspecified atom stereocenters. The van der Waals surface area contributed by atoms with Crippen LogP contribution < -0.4 is 0 Å². The molecule has 0 aromatic rings. The van der Waals surface area contributed by atoms with E-state index in [0.717, 1.165) is 5.41 Å². The molecule has 2 fully saturated rings. The van der Waals surface area contributed by atoms with E-state index in [4.69, 9.17) is 0 Å². The van der Waals surface area contributed by atoms with Gasteiger partial charge in [0, 0.05) is 6.54 Å². The molecule has 0 amide bonds. The van der Waals surface area contributed by atoms with Gasteiger partial charge in [-0.1, -0.05) is 20.8 Å². The van der Waals surface area contributed by atoms with Gasteiger partial charge < -0.3 is 4.90 Å². The van der Waals surface area contributed by atoms with Crippen LogP contribution in [-0.4, -0.2) is 24.5 Å². The molecule has 1 saturated carbocycles. The predicted octanol–water partition coefficient (Wildman–Crippen LogP) is 3.45. The second-order valence-corrected chi connectivity index (χ2v) is 4.34. The molecule has 0 atom stereocenters. The third kappa shape index (κ3) is 3.56. The van der Waals surface area contributed by atoms with Crippen molar-refractivity contribution in [2.45, 2.75) is 52.9 Å². The first-order valence-electron chi connectivity index (χ1n) is 6.07. The molecule has 14 heavy (non-hydrogen) atoms. The Morgan fingerprint density at radius 3 is 1.93 bits per heavy atom. The molecule has 1 heterocycles. The lowest BCUT2D eigenvalue weighted by Gasteiger charge is -2.21. The molecule has 0 aromatic heterocycles. The second kappa shape index (κ2) is 6.39. The van der Waals surface area contributed by atoms with Crippen LogP contribution in [0, 0.1) is 5.41 Å². The third-order valence-corrected chi connectivity index (χ3v) is 3.46. The monoisotopic (exact) mass is 203 g/mol. The van der Waals surface area contributed by atoms with E-state index < -0.39 is 0 Å². The summed E-state index contributed by atoms with van der Waals surface area (Å²) in [5, 5.41) is 0. The van der Waals surface area contributed by atoms with Crippen molar-refractivity contribution < 1.29 is 4.70 Å². The van der Waals surface area contributed by atoms with Crippen molar-refractivity contribution in [1.29, 1.82) is 0 Å². The SMILES string of the molecule is CC.CCC1(CN2CCCC2)CC1.F. The van der Waals surface area contributed by atoms with Gasteiger partial charge in [0.1, 0.15) is 0 Å². The van der Waals surface area contributed by atoms with Gasteiger partial charge in [0.05, 0.1) is 0 Å². The third-order valence-electron chi connectivity index (χ3n) is 3.46. The predicted molar refractivity (Wildman–Crippen MR) is 61.5 cm³/mol. The number of rotatable bonds is 3. The van der Waals surface area contributed by atoms with E-state index >= 15 is 0 Å². The zero-order valence-corrected chi connectivity index (χ0v) is 10.0. The van der Waals surface area contributed by atoms with Gasteiger partial charge >= 0.3 is 0 Å². The molecule has 1 aliphatic heterocycles. The Balaban J connectivity index is 0.000000531. The van der Waals surface area contributed by atoms with Crippen LogP contribution in [0.25, 0.3) is 0 Å². The molecule has 0 spiro atoms. The first kappa shape index (κ1) is 13.9. The normalized spacial score (nSPS) is 23.4. The summed E-state index contributed by atoms with van der Waals surface area (Å²) in [6.45, 7) is 10.5. The molecule has 2 rings (SSSR count). The molecular formula is C12H26FN. The maximum absolute atomic E-state index is 2.66. The van der Waals surface area contributed by atoms with Crippen molar-refractivity contribution in [1.82, 2.24) is 4.90 Å². The highest BCUT2D eigenvalue weighted by Gasteiger charge is 2.41. The second-order valence-electron chi connectivity index (χ2n) is 4.34. The number of nitrogens with zero attached hydrogens (tertiary/aromatic N) is 1. The van der Waals surface area contributed by atoms with Gasteiger partial charge in [-0.25, -0.2) is 0 Å². The minimum atomic E-state index is 0. The van der Waals surface area contributed by atoms with E-state index in [9.17, 15) is 0 Å². The van der Waals surface area contributed by atoms with Crippen LogP contribution in [0.5, 0.6) is 0 Å². The summed E-state index contributed by atoms with van der Waals surface area (Å²) in [4.78, 5) is 2.66. The molecule has 0 bridgehead atoms. The Kier molecular flexibility index (Phi) is 6.34. The molecule has 2 heteroatoms. The van der Waals surface area contributed by atoms with Crippen LogP contribution in [0.2, 0.25) is 0 Å². The maximum Gasteiger partial charge on any atom is 0.00379 e. The van der Waals surface area contributed by atoms with Crippen LogP contribution in [0.3, 0.4) is 0 Å². The van der Waals surface area contributed by atoms with Crippen LogP contribution in [-0.2, 0) is 0 Å². The molecule has 1 aliphatic carbocycles. The molecular weight excluding hydrogens is 177 g/mol. The quantitative estimate of drug-likeness (QED) is 0.679. The Labute approximate surface area is 88.2 Å².